The van der Waals surface area contributed by atoms with Gasteiger partial charge in [-0.25, -0.2) is 0 Å². The first-order chi connectivity index (χ1) is 9.36. The van der Waals surface area contributed by atoms with Crippen molar-refractivity contribution in [2.75, 3.05) is 18.0 Å². The average molecular weight is 251 g/mol. The number of para-hydroxylation sites is 1. The first kappa shape index (κ1) is 13.4. The fraction of sp³-hybridized carbons (Fsp3) is 0.222. The molecule has 0 radical (unpaired) electrons. The SMILES string of the molecule is C=CCN(CCC)c1ccccc1-c1ccccc1. The highest BCUT2D eigenvalue weighted by atomic mass is 15.1. The topological polar surface area (TPSA) is 3.24 Å². The molecule has 0 atom stereocenters. The molecule has 2 rings (SSSR count). The molecule has 0 aliphatic rings. The summed E-state index contributed by atoms with van der Waals surface area (Å²) < 4.78 is 0. The van der Waals surface area contributed by atoms with Gasteiger partial charge in [-0.3, -0.25) is 0 Å². The van der Waals surface area contributed by atoms with Crippen molar-refractivity contribution in [3.05, 3.63) is 67.3 Å². The summed E-state index contributed by atoms with van der Waals surface area (Å²) in [7, 11) is 0. The van der Waals surface area contributed by atoms with Crippen LogP contribution in [0.2, 0.25) is 0 Å². The Morgan fingerprint density at radius 3 is 2.37 bits per heavy atom. The molecule has 0 unspecified atom stereocenters. The van der Waals surface area contributed by atoms with Crippen LogP contribution in [0.15, 0.2) is 67.3 Å². The van der Waals surface area contributed by atoms with E-state index < -0.39 is 0 Å². The fourth-order valence-electron chi connectivity index (χ4n) is 2.35. The molecule has 98 valence electrons. The van der Waals surface area contributed by atoms with Crippen LogP contribution in [-0.2, 0) is 0 Å². The molecule has 0 aliphatic heterocycles. The summed E-state index contributed by atoms with van der Waals surface area (Å²) in [6.45, 7) is 8.02. The minimum absolute atomic E-state index is 0.887. The van der Waals surface area contributed by atoms with E-state index in [1.165, 1.54) is 16.8 Å². The van der Waals surface area contributed by atoms with E-state index in [1.807, 2.05) is 6.08 Å². The van der Waals surface area contributed by atoms with Gasteiger partial charge in [0.15, 0.2) is 0 Å². The van der Waals surface area contributed by atoms with E-state index in [4.69, 9.17) is 0 Å². The van der Waals surface area contributed by atoms with Gasteiger partial charge < -0.3 is 4.90 Å². The van der Waals surface area contributed by atoms with Crippen LogP contribution in [0.1, 0.15) is 13.3 Å². The van der Waals surface area contributed by atoms with E-state index in [-0.39, 0.29) is 0 Å². The zero-order valence-corrected chi connectivity index (χ0v) is 11.5. The third-order valence-electron chi connectivity index (χ3n) is 3.17. The molecule has 0 saturated carbocycles. The smallest absolute Gasteiger partial charge is 0.0448 e. The van der Waals surface area contributed by atoms with E-state index >= 15 is 0 Å². The molecule has 0 heterocycles. The van der Waals surface area contributed by atoms with Gasteiger partial charge in [0.05, 0.1) is 0 Å². The van der Waals surface area contributed by atoms with Crippen molar-refractivity contribution in [2.24, 2.45) is 0 Å². The van der Waals surface area contributed by atoms with Crippen molar-refractivity contribution >= 4 is 5.69 Å². The predicted octanol–water partition coefficient (Wildman–Crippen LogP) is 4.76. The molecule has 0 saturated heterocycles. The van der Waals surface area contributed by atoms with Crippen molar-refractivity contribution in [1.82, 2.24) is 0 Å². The second-order valence-corrected chi connectivity index (χ2v) is 4.62. The largest absolute Gasteiger partial charge is 0.367 e. The number of hydrogen-bond donors (Lipinski definition) is 0. The number of anilines is 1. The van der Waals surface area contributed by atoms with Crippen LogP contribution in [0.4, 0.5) is 5.69 Å². The van der Waals surface area contributed by atoms with Crippen LogP contribution in [-0.4, -0.2) is 13.1 Å². The molecule has 0 spiro atoms. The number of benzene rings is 2. The lowest BCUT2D eigenvalue weighted by Crippen LogP contribution is -2.24. The normalized spacial score (nSPS) is 10.2. The Bertz CT molecular complexity index is 516. The molecular weight excluding hydrogens is 230 g/mol. The lowest BCUT2D eigenvalue weighted by atomic mass is 10.0. The molecule has 19 heavy (non-hydrogen) atoms. The molecule has 0 aromatic heterocycles. The van der Waals surface area contributed by atoms with Crippen molar-refractivity contribution < 1.29 is 0 Å². The molecule has 0 fully saturated rings. The molecule has 0 N–H and O–H groups in total. The Hall–Kier alpha value is -2.02. The van der Waals surface area contributed by atoms with Crippen molar-refractivity contribution in [2.45, 2.75) is 13.3 Å². The highest BCUT2D eigenvalue weighted by Crippen LogP contribution is 2.30. The molecular formula is C18H21N. The van der Waals surface area contributed by atoms with Gasteiger partial charge in [-0.1, -0.05) is 61.5 Å². The van der Waals surface area contributed by atoms with Gasteiger partial charge in [-0.2, -0.15) is 0 Å². The lowest BCUT2D eigenvalue weighted by Gasteiger charge is -2.25. The first-order valence-corrected chi connectivity index (χ1v) is 6.87. The Morgan fingerprint density at radius 2 is 1.68 bits per heavy atom. The van der Waals surface area contributed by atoms with Crippen molar-refractivity contribution in [3.63, 3.8) is 0 Å². The van der Waals surface area contributed by atoms with Crippen molar-refractivity contribution in [3.8, 4) is 11.1 Å². The molecule has 1 nitrogen and oxygen atoms in total. The summed E-state index contributed by atoms with van der Waals surface area (Å²) in [4.78, 5) is 2.38. The summed E-state index contributed by atoms with van der Waals surface area (Å²) in [5, 5.41) is 0. The predicted molar refractivity (Wildman–Crippen MR) is 84.6 cm³/mol. The number of rotatable bonds is 6. The third-order valence-corrected chi connectivity index (χ3v) is 3.17. The summed E-state index contributed by atoms with van der Waals surface area (Å²) in [6, 6.07) is 19.1. The Balaban J connectivity index is 2.42. The maximum absolute atomic E-state index is 3.87. The highest BCUT2D eigenvalue weighted by molar-refractivity contribution is 5.78. The summed E-state index contributed by atoms with van der Waals surface area (Å²) in [5.41, 5.74) is 3.84. The Kier molecular flexibility index (Phi) is 4.79. The zero-order chi connectivity index (χ0) is 13.5. The van der Waals surface area contributed by atoms with Crippen LogP contribution < -0.4 is 4.90 Å². The molecule has 0 bridgehead atoms. The second kappa shape index (κ2) is 6.79. The minimum atomic E-state index is 0.887. The van der Waals surface area contributed by atoms with E-state index in [1.54, 1.807) is 0 Å². The summed E-state index contributed by atoms with van der Waals surface area (Å²) >= 11 is 0. The Morgan fingerprint density at radius 1 is 1.00 bits per heavy atom. The van der Waals surface area contributed by atoms with E-state index in [2.05, 4.69) is 73.0 Å². The van der Waals surface area contributed by atoms with Crippen LogP contribution >= 0.6 is 0 Å². The summed E-state index contributed by atoms with van der Waals surface area (Å²) in [5.74, 6) is 0. The highest BCUT2D eigenvalue weighted by Gasteiger charge is 2.09. The zero-order valence-electron chi connectivity index (χ0n) is 11.5. The minimum Gasteiger partial charge on any atom is -0.367 e. The van der Waals surface area contributed by atoms with Crippen LogP contribution in [0.3, 0.4) is 0 Å². The van der Waals surface area contributed by atoms with Gasteiger partial charge in [0.2, 0.25) is 0 Å². The molecule has 1 heteroatoms. The van der Waals surface area contributed by atoms with Crippen molar-refractivity contribution in [1.29, 1.82) is 0 Å². The molecule has 0 aliphatic carbocycles. The van der Waals surface area contributed by atoms with Gasteiger partial charge in [0.1, 0.15) is 0 Å². The van der Waals surface area contributed by atoms with Crippen LogP contribution in [0.5, 0.6) is 0 Å². The number of hydrogen-bond acceptors (Lipinski definition) is 1. The van der Waals surface area contributed by atoms with Gasteiger partial charge >= 0.3 is 0 Å². The fourth-order valence-corrected chi connectivity index (χ4v) is 2.35. The van der Waals surface area contributed by atoms with Gasteiger partial charge in [0, 0.05) is 24.3 Å². The maximum Gasteiger partial charge on any atom is 0.0448 e. The van der Waals surface area contributed by atoms with Gasteiger partial charge in [0.25, 0.3) is 0 Å². The van der Waals surface area contributed by atoms with Crippen LogP contribution in [0, 0.1) is 0 Å². The number of nitrogens with zero attached hydrogens (tertiary/aromatic N) is 1. The maximum atomic E-state index is 3.87. The first-order valence-electron chi connectivity index (χ1n) is 6.87. The third kappa shape index (κ3) is 3.25. The summed E-state index contributed by atoms with van der Waals surface area (Å²) in [6.07, 6.45) is 3.11. The van der Waals surface area contributed by atoms with E-state index in [0.717, 1.165) is 19.5 Å². The van der Waals surface area contributed by atoms with Gasteiger partial charge in [-0.05, 0) is 18.1 Å². The lowest BCUT2D eigenvalue weighted by molar-refractivity contribution is 0.817. The second-order valence-electron chi connectivity index (χ2n) is 4.62. The monoisotopic (exact) mass is 251 g/mol. The van der Waals surface area contributed by atoms with E-state index in [9.17, 15) is 0 Å². The van der Waals surface area contributed by atoms with Crippen LogP contribution in [0.25, 0.3) is 11.1 Å². The molecule has 2 aromatic rings. The quantitative estimate of drug-likeness (QED) is 0.669. The van der Waals surface area contributed by atoms with E-state index in [0.29, 0.717) is 0 Å². The standard InChI is InChI=1S/C18H21N/c1-3-14-19(15-4-2)18-13-9-8-12-17(18)16-10-6-5-7-11-16/h3,5-13H,1,4,14-15H2,2H3. The Labute approximate surface area is 116 Å². The average Bonchev–Trinajstić information content (AvgIpc) is 2.48. The van der Waals surface area contributed by atoms with Gasteiger partial charge in [-0.15, -0.1) is 6.58 Å². The molecule has 2 aromatic carbocycles. The molecule has 0 amide bonds.